The van der Waals surface area contributed by atoms with Gasteiger partial charge in [0, 0.05) is 24.6 Å². The Balaban J connectivity index is 1.57. The van der Waals surface area contributed by atoms with Crippen molar-refractivity contribution in [2.24, 2.45) is 5.92 Å². The largest absolute Gasteiger partial charge is 0.373 e. The van der Waals surface area contributed by atoms with Gasteiger partial charge in [-0.3, -0.25) is 4.79 Å². The van der Waals surface area contributed by atoms with E-state index in [1.54, 1.807) is 0 Å². The van der Waals surface area contributed by atoms with E-state index in [-0.39, 0.29) is 46.7 Å². The molecule has 0 spiro atoms. The molecule has 1 aliphatic carbocycles. The summed E-state index contributed by atoms with van der Waals surface area (Å²) in [5, 5.41) is 7.00. The third-order valence-corrected chi connectivity index (χ3v) is 8.13. The molecule has 1 N–H and O–H groups in total. The number of halogens is 1. The number of nitrogens with one attached hydrogen (secondary N) is 1. The monoisotopic (exact) mass is 496 g/mol. The van der Waals surface area contributed by atoms with Crippen LogP contribution in [0.2, 0.25) is 5.02 Å². The van der Waals surface area contributed by atoms with Crippen LogP contribution in [-0.2, 0) is 14.8 Å². The van der Waals surface area contributed by atoms with E-state index in [0.717, 1.165) is 12.8 Å². The van der Waals surface area contributed by atoms with Gasteiger partial charge in [0.25, 0.3) is 5.91 Å². The fourth-order valence-corrected chi connectivity index (χ4v) is 6.02. The van der Waals surface area contributed by atoms with Crippen molar-refractivity contribution in [3.8, 4) is 0 Å². The lowest BCUT2D eigenvalue weighted by molar-refractivity contribution is -0.0440. The number of morpholine rings is 1. The van der Waals surface area contributed by atoms with E-state index in [1.165, 1.54) is 22.5 Å². The van der Waals surface area contributed by atoms with E-state index in [0.29, 0.717) is 17.6 Å². The minimum absolute atomic E-state index is 0.0201. The maximum atomic E-state index is 13.3. The number of carbonyl (C=O) groups excluding carboxylic acids is 1. The average Bonchev–Trinajstić information content (AvgIpc) is 3.48. The van der Waals surface area contributed by atoms with Crippen LogP contribution in [-0.4, -0.2) is 54.1 Å². The molecule has 0 radical (unpaired) electrons. The van der Waals surface area contributed by atoms with Crippen LogP contribution in [0.1, 0.15) is 74.6 Å². The summed E-state index contributed by atoms with van der Waals surface area (Å²) in [4.78, 5) is 17.4. The summed E-state index contributed by atoms with van der Waals surface area (Å²) < 4.78 is 39.0. The number of carbonyl (C=O) groups is 1. The fraction of sp³-hybridized carbons (Fsp3) is 0.591. The number of ether oxygens (including phenoxy) is 1. The van der Waals surface area contributed by atoms with Crippen LogP contribution in [0.5, 0.6) is 0 Å². The Morgan fingerprint density at radius 2 is 1.88 bits per heavy atom. The molecule has 4 rings (SSSR count). The maximum Gasteiger partial charge on any atom is 0.251 e. The predicted octanol–water partition coefficient (Wildman–Crippen LogP) is 3.53. The van der Waals surface area contributed by atoms with E-state index >= 15 is 0 Å². The number of amides is 1. The van der Waals surface area contributed by atoms with Crippen LogP contribution in [0.25, 0.3) is 0 Å². The SMILES string of the molecule is CC1CN(S(=O)(=O)c2cc(C(=O)NC(c3nc(C4CC4)no3)C(C)C)ccc2Cl)CC(C)O1. The second kappa shape index (κ2) is 9.32. The Kier molecular flexibility index (Phi) is 6.82. The molecule has 1 saturated carbocycles. The number of nitrogens with zero attached hydrogens (tertiary/aromatic N) is 3. The van der Waals surface area contributed by atoms with Crippen LogP contribution >= 0.6 is 11.6 Å². The van der Waals surface area contributed by atoms with Gasteiger partial charge in [0.05, 0.1) is 17.2 Å². The molecule has 1 aromatic heterocycles. The molecule has 2 heterocycles. The number of benzene rings is 1. The minimum Gasteiger partial charge on any atom is -0.373 e. The highest BCUT2D eigenvalue weighted by atomic mass is 35.5. The van der Waals surface area contributed by atoms with Gasteiger partial charge in [-0.25, -0.2) is 8.42 Å². The molecule has 2 aliphatic rings. The highest BCUT2D eigenvalue weighted by Gasteiger charge is 2.35. The molecular formula is C22H29ClN4O5S. The van der Waals surface area contributed by atoms with Crippen LogP contribution in [0.4, 0.5) is 0 Å². The molecule has 33 heavy (non-hydrogen) atoms. The lowest BCUT2D eigenvalue weighted by Crippen LogP contribution is -2.48. The molecule has 180 valence electrons. The zero-order chi connectivity index (χ0) is 23.9. The summed E-state index contributed by atoms with van der Waals surface area (Å²) in [6.07, 6.45) is 1.60. The third-order valence-electron chi connectivity index (χ3n) is 5.82. The van der Waals surface area contributed by atoms with Crippen molar-refractivity contribution in [2.75, 3.05) is 13.1 Å². The molecule has 11 heteroatoms. The number of sulfonamides is 1. The van der Waals surface area contributed by atoms with Gasteiger partial charge >= 0.3 is 0 Å². The quantitative estimate of drug-likeness (QED) is 0.623. The normalized spacial score (nSPS) is 23.0. The van der Waals surface area contributed by atoms with Gasteiger partial charge in [-0.1, -0.05) is 30.6 Å². The van der Waals surface area contributed by atoms with E-state index in [1.807, 2.05) is 27.7 Å². The first kappa shape index (κ1) is 24.1. The Morgan fingerprint density at radius 3 is 2.48 bits per heavy atom. The van der Waals surface area contributed by atoms with Crippen LogP contribution < -0.4 is 5.32 Å². The lowest BCUT2D eigenvalue weighted by atomic mass is 10.0. The predicted molar refractivity (Wildman–Crippen MR) is 122 cm³/mol. The molecule has 3 unspecified atom stereocenters. The maximum absolute atomic E-state index is 13.3. The fourth-order valence-electron chi connectivity index (χ4n) is 3.93. The van der Waals surface area contributed by atoms with Crippen molar-refractivity contribution in [3.05, 3.63) is 40.5 Å². The summed E-state index contributed by atoms with van der Waals surface area (Å²) >= 11 is 6.27. The molecule has 1 amide bonds. The topological polar surface area (TPSA) is 115 Å². The first-order valence-electron chi connectivity index (χ1n) is 11.2. The number of hydrogen-bond acceptors (Lipinski definition) is 7. The van der Waals surface area contributed by atoms with Crippen LogP contribution in [0.3, 0.4) is 0 Å². The summed E-state index contributed by atoms with van der Waals surface area (Å²) in [5.74, 6) is 0.878. The molecule has 1 aliphatic heterocycles. The van der Waals surface area contributed by atoms with Gasteiger partial charge in [0.2, 0.25) is 15.9 Å². The third kappa shape index (κ3) is 5.24. The standard InChI is InChI=1S/C22H29ClN4O5S/c1-12(2)19(22-25-20(26-32-22)15-5-6-15)24-21(28)16-7-8-17(23)18(9-16)33(29,30)27-10-13(3)31-14(4)11-27/h7-9,12-15,19H,5-6,10-11H2,1-4H3,(H,24,28). The van der Waals surface area contributed by atoms with Crippen molar-refractivity contribution in [2.45, 2.75) is 69.6 Å². The van der Waals surface area contributed by atoms with Gasteiger partial charge in [-0.05, 0) is 50.8 Å². The van der Waals surface area contributed by atoms with Gasteiger partial charge in [0.15, 0.2) is 5.82 Å². The molecule has 2 fully saturated rings. The zero-order valence-corrected chi connectivity index (χ0v) is 20.7. The van der Waals surface area contributed by atoms with E-state index in [9.17, 15) is 13.2 Å². The van der Waals surface area contributed by atoms with Gasteiger partial charge < -0.3 is 14.6 Å². The van der Waals surface area contributed by atoms with Crippen LogP contribution in [0.15, 0.2) is 27.6 Å². The minimum atomic E-state index is -3.91. The number of hydrogen-bond donors (Lipinski definition) is 1. The Labute approximate surface area is 198 Å². The molecule has 0 bridgehead atoms. The van der Waals surface area contributed by atoms with Crippen molar-refractivity contribution in [1.82, 2.24) is 19.8 Å². The van der Waals surface area contributed by atoms with E-state index < -0.39 is 22.0 Å². The number of aromatic nitrogens is 2. The van der Waals surface area contributed by atoms with Crippen molar-refractivity contribution < 1.29 is 22.5 Å². The molecule has 1 saturated heterocycles. The first-order chi connectivity index (χ1) is 15.6. The highest BCUT2D eigenvalue weighted by molar-refractivity contribution is 7.89. The van der Waals surface area contributed by atoms with Gasteiger partial charge in [-0.15, -0.1) is 0 Å². The highest BCUT2D eigenvalue weighted by Crippen LogP contribution is 2.38. The van der Waals surface area contributed by atoms with E-state index in [2.05, 4.69) is 15.5 Å². The van der Waals surface area contributed by atoms with Crippen LogP contribution in [0, 0.1) is 5.92 Å². The molecule has 1 aromatic carbocycles. The Bertz CT molecular complexity index is 1120. The Morgan fingerprint density at radius 1 is 1.21 bits per heavy atom. The molecule has 9 nitrogen and oxygen atoms in total. The van der Waals surface area contributed by atoms with Crippen molar-refractivity contribution >= 4 is 27.5 Å². The molecule has 2 aromatic rings. The van der Waals surface area contributed by atoms with Gasteiger partial charge in [-0.2, -0.15) is 9.29 Å². The summed E-state index contributed by atoms with van der Waals surface area (Å²) in [6, 6.07) is 3.74. The van der Waals surface area contributed by atoms with E-state index in [4.69, 9.17) is 20.9 Å². The Hall–Kier alpha value is -2.01. The molecule has 3 atom stereocenters. The number of rotatable bonds is 7. The average molecular weight is 497 g/mol. The summed E-state index contributed by atoms with van der Waals surface area (Å²) in [6.45, 7) is 7.95. The zero-order valence-electron chi connectivity index (χ0n) is 19.1. The summed E-state index contributed by atoms with van der Waals surface area (Å²) in [7, 11) is -3.91. The smallest absolute Gasteiger partial charge is 0.251 e. The lowest BCUT2D eigenvalue weighted by Gasteiger charge is -2.34. The molecular weight excluding hydrogens is 468 g/mol. The van der Waals surface area contributed by atoms with Crippen molar-refractivity contribution in [3.63, 3.8) is 0 Å². The second-order valence-electron chi connectivity index (χ2n) is 9.18. The summed E-state index contributed by atoms with van der Waals surface area (Å²) in [5.41, 5.74) is 0.180. The second-order valence-corrected chi connectivity index (χ2v) is 11.5. The van der Waals surface area contributed by atoms with Crippen molar-refractivity contribution in [1.29, 1.82) is 0 Å². The van der Waals surface area contributed by atoms with Gasteiger partial charge in [0.1, 0.15) is 10.9 Å². The first-order valence-corrected chi connectivity index (χ1v) is 13.0.